The first-order valence-corrected chi connectivity index (χ1v) is 6.54. The summed E-state index contributed by atoms with van der Waals surface area (Å²) >= 11 is 0. The molecular formula is C14H20N2O4. The Balaban J connectivity index is 2.92. The van der Waals surface area contributed by atoms with Crippen LogP contribution in [0.2, 0.25) is 0 Å². The van der Waals surface area contributed by atoms with Gasteiger partial charge in [-0.2, -0.15) is 0 Å². The van der Waals surface area contributed by atoms with Crippen molar-refractivity contribution in [3.63, 3.8) is 0 Å². The molecule has 0 bridgehead atoms. The number of nitro benzene ring substituents is 1. The summed E-state index contributed by atoms with van der Waals surface area (Å²) in [5, 5.41) is 19.8. The van der Waals surface area contributed by atoms with Crippen molar-refractivity contribution in [2.45, 2.75) is 26.3 Å². The highest BCUT2D eigenvalue weighted by atomic mass is 16.6. The standard InChI is InChI=1S/C14H20N2O4/c1-4-13(15(3)9-10(2)14(17)18)11-6-5-7-12(8-11)16(19)20/h5-8,10,13H,4,9H2,1-3H3,(H,17,18). The maximum Gasteiger partial charge on any atom is 0.307 e. The van der Waals surface area contributed by atoms with Crippen LogP contribution in [0.15, 0.2) is 24.3 Å². The van der Waals surface area contributed by atoms with E-state index >= 15 is 0 Å². The Morgan fingerprint density at radius 2 is 2.15 bits per heavy atom. The van der Waals surface area contributed by atoms with E-state index in [1.54, 1.807) is 19.1 Å². The summed E-state index contributed by atoms with van der Waals surface area (Å²) in [6.07, 6.45) is 0.754. The van der Waals surface area contributed by atoms with Gasteiger partial charge in [-0.25, -0.2) is 0 Å². The molecule has 0 aliphatic heterocycles. The van der Waals surface area contributed by atoms with Gasteiger partial charge in [0, 0.05) is 24.7 Å². The third-order valence-electron chi connectivity index (χ3n) is 3.37. The fourth-order valence-corrected chi connectivity index (χ4v) is 2.28. The number of rotatable bonds is 7. The van der Waals surface area contributed by atoms with Crippen molar-refractivity contribution < 1.29 is 14.8 Å². The summed E-state index contributed by atoms with van der Waals surface area (Å²) in [7, 11) is 1.84. The Morgan fingerprint density at radius 3 is 2.65 bits per heavy atom. The number of non-ortho nitro benzene ring substituents is 1. The number of aliphatic carboxylic acids is 1. The van der Waals surface area contributed by atoms with Crippen LogP contribution in [0, 0.1) is 16.0 Å². The zero-order chi connectivity index (χ0) is 15.3. The van der Waals surface area contributed by atoms with E-state index in [0.717, 1.165) is 12.0 Å². The fourth-order valence-electron chi connectivity index (χ4n) is 2.28. The molecule has 1 rings (SSSR count). The molecule has 110 valence electrons. The van der Waals surface area contributed by atoms with E-state index in [4.69, 9.17) is 5.11 Å². The third kappa shape index (κ3) is 4.03. The van der Waals surface area contributed by atoms with E-state index in [-0.39, 0.29) is 11.7 Å². The normalized spacial score (nSPS) is 14.0. The predicted octanol–water partition coefficient (Wildman–Crippen LogP) is 2.70. The Morgan fingerprint density at radius 1 is 1.50 bits per heavy atom. The minimum atomic E-state index is -0.842. The van der Waals surface area contributed by atoms with Gasteiger partial charge >= 0.3 is 5.97 Å². The molecule has 0 saturated heterocycles. The lowest BCUT2D eigenvalue weighted by Gasteiger charge is -2.28. The molecule has 0 aliphatic rings. The summed E-state index contributed by atoms with van der Waals surface area (Å²) in [6, 6.07) is 6.47. The van der Waals surface area contributed by atoms with E-state index in [2.05, 4.69) is 0 Å². The summed E-state index contributed by atoms with van der Waals surface area (Å²) < 4.78 is 0. The molecule has 1 N–H and O–H groups in total. The average Bonchev–Trinajstić information content (AvgIpc) is 2.39. The Hall–Kier alpha value is -1.95. The third-order valence-corrected chi connectivity index (χ3v) is 3.37. The molecule has 2 atom stereocenters. The number of benzene rings is 1. The molecule has 0 aliphatic carbocycles. The summed E-state index contributed by atoms with van der Waals surface area (Å²) in [4.78, 5) is 23.2. The van der Waals surface area contributed by atoms with Crippen LogP contribution >= 0.6 is 0 Å². The number of hydrogen-bond acceptors (Lipinski definition) is 4. The predicted molar refractivity (Wildman–Crippen MR) is 75.6 cm³/mol. The van der Waals surface area contributed by atoms with Gasteiger partial charge in [0.2, 0.25) is 0 Å². The van der Waals surface area contributed by atoms with Crippen molar-refractivity contribution >= 4 is 11.7 Å². The number of hydrogen-bond donors (Lipinski definition) is 1. The quantitative estimate of drug-likeness (QED) is 0.613. The molecule has 6 nitrogen and oxygen atoms in total. The number of nitrogens with zero attached hydrogens (tertiary/aromatic N) is 2. The summed E-state index contributed by atoms with van der Waals surface area (Å²) in [5.41, 5.74) is 0.891. The second kappa shape index (κ2) is 7.00. The van der Waals surface area contributed by atoms with Gasteiger partial charge in [-0.15, -0.1) is 0 Å². The molecule has 0 aromatic heterocycles. The van der Waals surface area contributed by atoms with Crippen molar-refractivity contribution in [3.05, 3.63) is 39.9 Å². The number of nitro groups is 1. The molecule has 1 aromatic rings. The van der Waals surface area contributed by atoms with Gasteiger partial charge in [-0.3, -0.25) is 19.8 Å². The van der Waals surface area contributed by atoms with E-state index in [1.807, 2.05) is 24.9 Å². The maximum atomic E-state index is 10.9. The van der Waals surface area contributed by atoms with Crippen LogP contribution in [0.3, 0.4) is 0 Å². The van der Waals surface area contributed by atoms with Crippen LogP contribution in [0.1, 0.15) is 31.9 Å². The molecule has 20 heavy (non-hydrogen) atoms. The van der Waals surface area contributed by atoms with Crippen LogP contribution in [0.4, 0.5) is 5.69 Å². The molecule has 0 spiro atoms. The van der Waals surface area contributed by atoms with Gasteiger partial charge in [-0.1, -0.05) is 26.0 Å². The van der Waals surface area contributed by atoms with Gasteiger partial charge in [0.15, 0.2) is 0 Å². The SMILES string of the molecule is CCC(c1cccc([N+](=O)[O-])c1)N(C)CC(C)C(=O)O. The smallest absolute Gasteiger partial charge is 0.307 e. The number of carboxylic acid groups (broad SMARTS) is 1. The van der Waals surface area contributed by atoms with Gasteiger partial charge in [0.05, 0.1) is 10.8 Å². The first kappa shape index (κ1) is 16.1. The zero-order valence-corrected chi connectivity index (χ0v) is 11.9. The van der Waals surface area contributed by atoms with Crippen LogP contribution < -0.4 is 0 Å². The molecule has 0 fully saturated rings. The molecule has 0 heterocycles. The van der Waals surface area contributed by atoms with Crippen LogP contribution in [-0.2, 0) is 4.79 Å². The number of carbonyl (C=O) groups is 1. The second-order valence-electron chi connectivity index (χ2n) is 4.96. The van der Waals surface area contributed by atoms with Gasteiger partial charge < -0.3 is 5.11 Å². The van der Waals surface area contributed by atoms with Crippen LogP contribution in [0.5, 0.6) is 0 Å². The maximum absolute atomic E-state index is 10.9. The average molecular weight is 280 g/mol. The van der Waals surface area contributed by atoms with Crippen molar-refractivity contribution in [1.29, 1.82) is 0 Å². The van der Waals surface area contributed by atoms with E-state index in [9.17, 15) is 14.9 Å². The highest BCUT2D eigenvalue weighted by molar-refractivity contribution is 5.69. The summed E-state index contributed by atoms with van der Waals surface area (Å²) in [6.45, 7) is 4.03. The highest BCUT2D eigenvalue weighted by Gasteiger charge is 2.21. The van der Waals surface area contributed by atoms with Crippen molar-refractivity contribution in [1.82, 2.24) is 4.90 Å². The molecule has 6 heteroatoms. The topological polar surface area (TPSA) is 83.7 Å². The Bertz CT molecular complexity index is 490. The van der Waals surface area contributed by atoms with Gasteiger partial charge in [0.25, 0.3) is 5.69 Å². The second-order valence-corrected chi connectivity index (χ2v) is 4.96. The monoisotopic (exact) mass is 280 g/mol. The van der Waals surface area contributed by atoms with Crippen LogP contribution in [0.25, 0.3) is 0 Å². The molecule has 0 radical (unpaired) electrons. The van der Waals surface area contributed by atoms with Gasteiger partial charge in [-0.05, 0) is 19.0 Å². The lowest BCUT2D eigenvalue weighted by atomic mass is 10.0. The molecule has 1 aromatic carbocycles. The van der Waals surface area contributed by atoms with Crippen molar-refractivity contribution in [2.75, 3.05) is 13.6 Å². The molecule has 2 unspecified atom stereocenters. The zero-order valence-electron chi connectivity index (χ0n) is 11.9. The van der Waals surface area contributed by atoms with E-state index in [0.29, 0.717) is 6.54 Å². The van der Waals surface area contributed by atoms with Crippen molar-refractivity contribution in [3.8, 4) is 0 Å². The first-order chi connectivity index (χ1) is 9.36. The Kier molecular flexibility index (Phi) is 5.64. The molecular weight excluding hydrogens is 260 g/mol. The van der Waals surface area contributed by atoms with Crippen LogP contribution in [-0.4, -0.2) is 34.5 Å². The first-order valence-electron chi connectivity index (χ1n) is 6.54. The number of carboxylic acids is 1. The minimum absolute atomic E-state index is 0.0308. The fraction of sp³-hybridized carbons (Fsp3) is 0.500. The Labute approximate surface area is 118 Å². The lowest BCUT2D eigenvalue weighted by molar-refractivity contribution is -0.385. The molecule has 0 amide bonds. The van der Waals surface area contributed by atoms with E-state index in [1.165, 1.54) is 6.07 Å². The van der Waals surface area contributed by atoms with E-state index < -0.39 is 16.8 Å². The largest absolute Gasteiger partial charge is 0.481 e. The summed E-state index contributed by atoms with van der Waals surface area (Å²) in [5.74, 6) is -1.32. The lowest BCUT2D eigenvalue weighted by Crippen LogP contribution is -2.31. The highest BCUT2D eigenvalue weighted by Crippen LogP contribution is 2.26. The molecule has 0 saturated carbocycles. The van der Waals surface area contributed by atoms with Crippen molar-refractivity contribution in [2.24, 2.45) is 5.92 Å². The minimum Gasteiger partial charge on any atom is -0.481 e. The van der Waals surface area contributed by atoms with Gasteiger partial charge in [0.1, 0.15) is 0 Å².